The average molecular weight is 339 g/mol. The third-order valence-electron chi connectivity index (χ3n) is 2.74. The Balaban J connectivity index is 4.09. The van der Waals surface area contributed by atoms with E-state index in [9.17, 15) is 9.69 Å². The van der Waals surface area contributed by atoms with Crippen LogP contribution in [0.15, 0.2) is 0 Å². The second-order valence-electron chi connectivity index (χ2n) is 4.57. The van der Waals surface area contributed by atoms with Gasteiger partial charge in [0.25, 0.3) is 0 Å². The van der Waals surface area contributed by atoms with Crippen molar-refractivity contribution < 1.29 is 23.0 Å². The maximum Gasteiger partial charge on any atom is 0.500 e. The van der Waals surface area contributed by atoms with E-state index in [1.54, 1.807) is 6.66 Å². The van der Waals surface area contributed by atoms with Gasteiger partial charge in [-0.05, 0) is 33.9 Å². The van der Waals surface area contributed by atoms with Crippen LogP contribution in [-0.2, 0) is 18.1 Å². The van der Waals surface area contributed by atoms with Crippen molar-refractivity contribution in [3.8, 4) is 0 Å². The van der Waals surface area contributed by atoms with Crippen LogP contribution in [0.2, 0.25) is 6.04 Å². The van der Waals surface area contributed by atoms with Crippen molar-refractivity contribution in [2.24, 2.45) is 0 Å². The highest BCUT2D eigenvalue weighted by atomic mass is 31.1. The zero-order valence-corrected chi connectivity index (χ0v) is 15.6. The molecule has 0 aliphatic rings. The van der Waals surface area contributed by atoms with Crippen LogP contribution in [0.4, 0.5) is 0 Å². The molecule has 8 heteroatoms. The maximum atomic E-state index is 11.6. The lowest BCUT2D eigenvalue weighted by Gasteiger charge is -2.28. The monoisotopic (exact) mass is 339 g/mol. The maximum absolute atomic E-state index is 11.6. The summed E-state index contributed by atoms with van der Waals surface area (Å²) in [6.45, 7) is 9.81. The minimum Gasteiger partial charge on any atom is -0.374 e. The minimum atomic E-state index is -2.59. The lowest BCUT2D eigenvalue weighted by Crippen LogP contribution is -2.46. The molecule has 1 amide bonds. The molecule has 0 spiro atoms. The van der Waals surface area contributed by atoms with Crippen LogP contribution >= 0.6 is 8.15 Å². The average Bonchev–Trinajstić information content (AvgIpc) is 2.42. The second-order valence-corrected chi connectivity index (χ2v) is 9.06. The number of nitrogens with one attached hydrogen (secondary N) is 1. The number of hydrogen-bond donors (Lipinski definition) is 2. The largest absolute Gasteiger partial charge is 0.500 e. The molecule has 2 N–H and O–H groups in total. The SMILES string of the molecule is CCO[Si](CCCNC(=O)CCP(C)O)(OCC)OCC. The summed E-state index contributed by atoms with van der Waals surface area (Å²) >= 11 is 0. The Morgan fingerprint density at radius 3 is 2.10 bits per heavy atom. The Bertz CT molecular complexity index is 264. The highest BCUT2D eigenvalue weighted by Crippen LogP contribution is 2.23. The van der Waals surface area contributed by atoms with Crippen molar-refractivity contribution in [1.29, 1.82) is 0 Å². The molecule has 0 aliphatic heterocycles. The van der Waals surface area contributed by atoms with Gasteiger partial charge < -0.3 is 23.5 Å². The summed E-state index contributed by atoms with van der Waals surface area (Å²) < 4.78 is 17.2. The van der Waals surface area contributed by atoms with Crippen molar-refractivity contribution in [3.05, 3.63) is 0 Å². The lowest BCUT2D eigenvalue weighted by molar-refractivity contribution is -0.120. The second kappa shape index (κ2) is 12.5. The molecule has 6 nitrogen and oxygen atoms in total. The van der Waals surface area contributed by atoms with E-state index in [-0.39, 0.29) is 5.91 Å². The van der Waals surface area contributed by atoms with Gasteiger partial charge in [-0.25, -0.2) is 0 Å². The molecule has 0 aromatic carbocycles. The van der Waals surface area contributed by atoms with Crippen molar-refractivity contribution in [2.45, 2.75) is 39.7 Å². The molecule has 0 aliphatic carbocycles. The Hall–Kier alpha value is -0.0431. The van der Waals surface area contributed by atoms with Gasteiger partial charge in [0.1, 0.15) is 0 Å². The Morgan fingerprint density at radius 2 is 1.67 bits per heavy atom. The number of carbonyl (C=O) groups excluding carboxylic acids is 1. The van der Waals surface area contributed by atoms with Crippen LogP contribution in [0.1, 0.15) is 33.6 Å². The highest BCUT2D eigenvalue weighted by molar-refractivity contribution is 7.50. The lowest BCUT2D eigenvalue weighted by atomic mass is 10.4. The fourth-order valence-electron chi connectivity index (χ4n) is 1.89. The molecule has 0 rings (SSSR count). The standard InChI is InChI=1S/C13H30NO5PSi/c1-5-17-21(18-6-2,19-7-3)12-8-10-14-13(15)9-11-20(4)16/h16H,5-12H2,1-4H3,(H,14,15). The van der Waals surface area contributed by atoms with Gasteiger partial charge in [0.15, 0.2) is 0 Å². The molecule has 0 aromatic heterocycles. The minimum absolute atomic E-state index is 0.0186. The van der Waals surface area contributed by atoms with Crippen LogP contribution < -0.4 is 5.32 Å². The van der Waals surface area contributed by atoms with Crippen LogP contribution in [0.5, 0.6) is 0 Å². The van der Waals surface area contributed by atoms with Gasteiger partial charge in [0, 0.05) is 53.1 Å². The van der Waals surface area contributed by atoms with Crippen molar-refractivity contribution >= 4 is 22.9 Å². The van der Waals surface area contributed by atoms with Crippen LogP contribution in [-0.4, -0.2) is 58.8 Å². The van der Waals surface area contributed by atoms with E-state index < -0.39 is 17.0 Å². The van der Waals surface area contributed by atoms with Crippen molar-refractivity contribution in [1.82, 2.24) is 5.32 Å². The summed E-state index contributed by atoms with van der Waals surface area (Å²) in [6.07, 6.45) is 1.69. The fourth-order valence-corrected chi connectivity index (χ4v) is 5.02. The summed E-state index contributed by atoms with van der Waals surface area (Å²) in [5, 5.41) is 2.85. The van der Waals surface area contributed by atoms with Gasteiger partial charge >= 0.3 is 8.80 Å². The quantitative estimate of drug-likeness (QED) is 0.305. The first-order valence-corrected chi connectivity index (χ1v) is 11.4. The third kappa shape index (κ3) is 10.3. The zero-order chi connectivity index (χ0) is 16.1. The summed E-state index contributed by atoms with van der Waals surface area (Å²) in [6, 6.07) is 0.698. The fraction of sp³-hybridized carbons (Fsp3) is 0.923. The number of amides is 1. The van der Waals surface area contributed by atoms with Crippen molar-refractivity contribution in [2.75, 3.05) is 39.2 Å². The molecule has 1 unspecified atom stereocenters. The molecule has 0 radical (unpaired) electrons. The van der Waals surface area contributed by atoms with E-state index in [2.05, 4.69) is 5.32 Å². The third-order valence-corrected chi connectivity index (χ3v) is 6.76. The molecular formula is C13H30NO5PSi. The Kier molecular flexibility index (Phi) is 12.5. The topological polar surface area (TPSA) is 77.0 Å². The molecule has 0 fully saturated rings. The molecule has 21 heavy (non-hydrogen) atoms. The number of carbonyl (C=O) groups is 1. The summed E-state index contributed by atoms with van der Waals surface area (Å²) in [4.78, 5) is 20.8. The normalized spacial score (nSPS) is 13.2. The predicted octanol–water partition coefficient (Wildman–Crippen LogP) is 1.95. The summed E-state index contributed by atoms with van der Waals surface area (Å²) in [7, 11) is -3.59. The Labute approximate surface area is 130 Å². The molecule has 1 atom stereocenters. The van der Waals surface area contributed by atoms with Gasteiger partial charge in [-0.3, -0.25) is 4.79 Å². The van der Waals surface area contributed by atoms with Gasteiger partial charge in [-0.1, -0.05) is 0 Å². The zero-order valence-electron chi connectivity index (χ0n) is 13.7. The number of hydrogen-bond acceptors (Lipinski definition) is 5. The van der Waals surface area contributed by atoms with E-state index in [0.717, 1.165) is 6.42 Å². The number of rotatable bonds is 13. The molecule has 0 bridgehead atoms. The first-order valence-electron chi connectivity index (χ1n) is 7.58. The highest BCUT2D eigenvalue weighted by Gasteiger charge is 2.39. The van der Waals surface area contributed by atoms with E-state index >= 15 is 0 Å². The molecular weight excluding hydrogens is 309 g/mol. The van der Waals surface area contributed by atoms with Gasteiger partial charge in [-0.2, -0.15) is 0 Å². The van der Waals surface area contributed by atoms with E-state index in [0.29, 0.717) is 45.0 Å². The Morgan fingerprint density at radius 1 is 1.14 bits per heavy atom. The van der Waals surface area contributed by atoms with Crippen LogP contribution in [0.3, 0.4) is 0 Å². The van der Waals surface area contributed by atoms with Gasteiger partial charge in [-0.15, -0.1) is 0 Å². The van der Waals surface area contributed by atoms with E-state index in [1.165, 1.54) is 0 Å². The first kappa shape index (κ1) is 21.0. The smallest absolute Gasteiger partial charge is 0.374 e. The summed E-state index contributed by atoms with van der Waals surface area (Å²) in [5.74, 6) is -0.0186. The van der Waals surface area contributed by atoms with Crippen molar-refractivity contribution in [3.63, 3.8) is 0 Å². The predicted molar refractivity (Wildman–Crippen MR) is 87.6 cm³/mol. The van der Waals surface area contributed by atoms with Crippen LogP contribution in [0.25, 0.3) is 0 Å². The van der Waals surface area contributed by atoms with E-state index in [4.69, 9.17) is 13.3 Å². The first-order chi connectivity index (χ1) is 9.99. The summed E-state index contributed by atoms with van der Waals surface area (Å²) in [5.41, 5.74) is 0. The molecule has 0 heterocycles. The van der Waals surface area contributed by atoms with Crippen LogP contribution in [0, 0.1) is 0 Å². The molecule has 0 aromatic rings. The molecule has 0 saturated heterocycles. The van der Waals surface area contributed by atoms with Gasteiger partial charge in [0.05, 0.1) is 0 Å². The van der Waals surface area contributed by atoms with Gasteiger partial charge in [0.2, 0.25) is 5.91 Å². The molecule has 0 saturated carbocycles. The van der Waals surface area contributed by atoms with E-state index in [1.807, 2.05) is 20.8 Å². The molecule has 126 valence electrons.